The van der Waals surface area contributed by atoms with Crippen LogP contribution < -0.4 is 10.1 Å². The van der Waals surface area contributed by atoms with Gasteiger partial charge < -0.3 is 14.8 Å². The smallest absolute Gasteiger partial charge is 0.244 e. The molecule has 0 atom stereocenters. The predicted octanol–water partition coefficient (Wildman–Crippen LogP) is 3.03. The highest BCUT2D eigenvalue weighted by molar-refractivity contribution is 5.92. The molecule has 0 unspecified atom stereocenters. The van der Waals surface area contributed by atoms with Gasteiger partial charge >= 0.3 is 0 Å². The first-order valence-electron chi connectivity index (χ1n) is 8.05. The lowest BCUT2D eigenvalue weighted by Gasteiger charge is -2.06. The van der Waals surface area contributed by atoms with Crippen molar-refractivity contribution in [3.8, 4) is 5.75 Å². The van der Waals surface area contributed by atoms with E-state index in [0.29, 0.717) is 19.8 Å². The van der Waals surface area contributed by atoms with Gasteiger partial charge in [0.1, 0.15) is 5.75 Å². The Hall–Kier alpha value is -1.81. The van der Waals surface area contributed by atoms with Gasteiger partial charge in [0.25, 0.3) is 0 Å². The van der Waals surface area contributed by atoms with Crippen LogP contribution in [-0.2, 0) is 9.53 Å². The maximum absolute atomic E-state index is 11.8. The van der Waals surface area contributed by atoms with E-state index in [4.69, 9.17) is 9.47 Å². The van der Waals surface area contributed by atoms with Crippen molar-refractivity contribution in [3.05, 3.63) is 35.9 Å². The summed E-state index contributed by atoms with van der Waals surface area (Å²) in [6.45, 7) is 4.78. The summed E-state index contributed by atoms with van der Waals surface area (Å²) >= 11 is 0. The van der Waals surface area contributed by atoms with E-state index in [9.17, 15) is 4.79 Å². The molecule has 120 valence electrons. The summed E-state index contributed by atoms with van der Waals surface area (Å²) in [6, 6.07) is 7.68. The number of carbonyl (C=O) groups is 1. The monoisotopic (exact) mass is 303 g/mol. The van der Waals surface area contributed by atoms with E-state index in [-0.39, 0.29) is 5.91 Å². The van der Waals surface area contributed by atoms with Crippen LogP contribution in [0.1, 0.15) is 31.7 Å². The molecule has 1 saturated carbocycles. The van der Waals surface area contributed by atoms with E-state index in [1.165, 1.54) is 12.8 Å². The number of carbonyl (C=O) groups excluding carboxylic acids is 1. The lowest BCUT2D eigenvalue weighted by Crippen LogP contribution is -2.23. The highest BCUT2D eigenvalue weighted by atomic mass is 16.5. The fourth-order valence-corrected chi connectivity index (χ4v) is 2.05. The SMILES string of the molecule is CCOc1ccccc1/C=C/C(=O)NCCCOCC1CC1. The number of amides is 1. The molecule has 0 radical (unpaired) electrons. The van der Waals surface area contributed by atoms with E-state index in [0.717, 1.165) is 30.3 Å². The number of ether oxygens (including phenoxy) is 2. The van der Waals surface area contributed by atoms with Crippen molar-refractivity contribution in [2.45, 2.75) is 26.2 Å². The molecule has 1 aliphatic rings. The van der Waals surface area contributed by atoms with Crippen LogP contribution in [0.4, 0.5) is 0 Å². The van der Waals surface area contributed by atoms with Crippen LogP contribution in [0.2, 0.25) is 0 Å². The van der Waals surface area contributed by atoms with Crippen molar-refractivity contribution >= 4 is 12.0 Å². The Morgan fingerprint density at radius 2 is 2.18 bits per heavy atom. The molecule has 1 aromatic rings. The fourth-order valence-electron chi connectivity index (χ4n) is 2.05. The zero-order valence-electron chi connectivity index (χ0n) is 13.2. The molecule has 2 rings (SSSR count). The van der Waals surface area contributed by atoms with Gasteiger partial charge in [0.15, 0.2) is 0 Å². The molecule has 0 heterocycles. The van der Waals surface area contributed by atoms with Crippen LogP contribution >= 0.6 is 0 Å². The Morgan fingerprint density at radius 3 is 2.95 bits per heavy atom. The molecule has 1 amide bonds. The summed E-state index contributed by atoms with van der Waals surface area (Å²) in [5.74, 6) is 1.50. The second kappa shape index (κ2) is 9.26. The zero-order chi connectivity index (χ0) is 15.6. The van der Waals surface area contributed by atoms with Gasteiger partial charge in [0, 0.05) is 31.4 Å². The molecular weight excluding hydrogens is 278 g/mol. The maximum atomic E-state index is 11.8. The van der Waals surface area contributed by atoms with Crippen LogP contribution in [0.15, 0.2) is 30.3 Å². The molecule has 4 heteroatoms. The van der Waals surface area contributed by atoms with Gasteiger partial charge in [-0.1, -0.05) is 18.2 Å². The molecule has 0 aliphatic heterocycles. The van der Waals surface area contributed by atoms with E-state index in [1.807, 2.05) is 31.2 Å². The molecule has 0 spiro atoms. The first-order valence-corrected chi connectivity index (χ1v) is 8.05. The van der Waals surface area contributed by atoms with E-state index >= 15 is 0 Å². The van der Waals surface area contributed by atoms with Crippen LogP contribution in [0.3, 0.4) is 0 Å². The van der Waals surface area contributed by atoms with E-state index in [1.54, 1.807) is 12.2 Å². The zero-order valence-corrected chi connectivity index (χ0v) is 13.2. The Bertz CT molecular complexity index is 495. The third-order valence-corrected chi connectivity index (χ3v) is 3.45. The normalized spacial score (nSPS) is 14.2. The Labute approximate surface area is 132 Å². The van der Waals surface area contributed by atoms with Crippen molar-refractivity contribution in [1.29, 1.82) is 0 Å². The maximum Gasteiger partial charge on any atom is 0.244 e. The summed E-state index contributed by atoms with van der Waals surface area (Å²) in [5, 5.41) is 2.86. The summed E-state index contributed by atoms with van der Waals surface area (Å²) in [4.78, 5) is 11.8. The molecule has 0 aromatic heterocycles. The number of hydrogen-bond acceptors (Lipinski definition) is 3. The van der Waals surface area contributed by atoms with Crippen LogP contribution in [0.25, 0.3) is 6.08 Å². The van der Waals surface area contributed by atoms with E-state index < -0.39 is 0 Å². The topological polar surface area (TPSA) is 47.6 Å². The first kappa shape index (κ1) is 16.6. The third-order valence-electron chi connectivity index (χ3n) is 3.45. The second-order valence-electron chi connectivity index (χ2n) is 5.47. The average Bonchev–Trinajstić information content (AvgIpc) is 3.34. The average molecular weight is 303 g/mol. The van der Waals surface area contributed by atoms with E-state index in [2.05, 4.69) is 5.32 Å². The van der Waals surface area contributed by atoms with Crippen LogP contribution in [0, 0.1) is 5.92 Å². The lowest BCUT2D eigenvalue weighted by molar-refractivity contribution is -0.116. The van der Waals surface area contributed by atoms with Crippen LogP contribution in [-0.4, -0.2) is 32.3 Å². The number of rotatable bonds is 10. The highest BCUT2D eigenvalue weighted by Gasteiger charge is 2.20. The molecular formula is C18H25NO3. The summed E-state index contributed by atoms with van der Waals surface area (Å²) in [6.07, 6.45) is 6.80. The highest BCUT2D eigenvalue weighted by Crippen LogP contribution is 2.28. The van der Waals surface area contributed by atoms with Gasteiger partial charge in [-0.3, -0.25) is 4.79 Å². The quantitative estimate of drug-likeness (QED) is 0.534. The molecule has 22 heavy (non-hydrogen) atoms. The Morgan fingerprint density at radius 1 is 1.36 bits per heavy atom. The fraction of sp³-hybridized carbons (Fsp3) is 0.500. The number of hydrogen-bond donors (Lipinski definition) is 1. The largest absolute Gasteiger partial charge is 0.493 e. The minimum atomic E-state index is -0.0894. The molecule has 1 aliphatic carbocycles. The second-order valence-corrected chi connectivity index (χ2v) is 5.47. The van der Waals surface area contributed by atoms with Crippen molar-refractivity contribution in [1.82, 2.24) is 5.32 Å². The summed E-state index contributed by atoms with van der Waals surface area (Å²) in [7, 11) is 0. The number of para-hydroxylation sites is 1. The predicted molar refractivity (Wildman–Crippen MR) is 87.8 cm³/mol. The molecule has 1 N–H and O–H groups in total. The van der Waals surface area contributed by atoms with Gasteiger partial charge in [-0.15, -0.1) is 0 Å². The van der Waals surface area contributed by atoms with Crippen LogP contribution in [0.5, 0.6) is 5.75 Å². The molecule has 0 bridgehead atoms. The first-order chi connectivity index (χ1) is 10.8. The molecule has 4 nitrogen and oxygen atoms in total. The summed E-state index contributed by atoms with van der Waals surface area (Å²) in [5.41, 5.74) is 0.910. The third kappa shape index (κ3) is 6.31. The van der Waals surface area contributed by atoms with Crippen molar-refractivity contribution in [3.63, 3.8) is 0 Å². The molecule has 1 fully saturated rings. The van der Waals surface area contributed by atoms with Gasteiger partial charge in [-0.25, -0.2) is 0 Å². The standard InChI is InChI=1S/C18H25NO3/c1-2-22-17-7-4-3-6-16(17)10-11-18(20)19-12-5-13-21-14-15-8-9-15/h3-4,6-7,10-11,15H,2,5,8-9,12-14H2,1H3,(H,19,20)/b11-10+. The Balaban J connectivity index is 1.65. The number of nitrogens with one attached hydrogen (secondary N) is 1. The van der Waals surface area contributed by atoms with Gasteiger partial charge in [-0.2, -0.15) is 0 Å². The lowest BCUT2D eigenvalue weighted by atomic mass is 10.2. The molecule has 0 saturated heterocycles. The molecule has 1 aromatic carbocycles. The van der Waals surface area contributed by atoms with Gasteiger partial charge in [0.2, 0.25) is 5.91 Å². The number of benzene rings is 1. The van der Waals surface area contributed by atoms with Crippen molar-refractivity contribution in [2.24, 2.45) is 5.92 Å². The van der Waals surface area contributed by atoms with Crippen molar-refractivity contribution in [2.75, 3.05) is 26.4 Å². The van der Waals surface area contributed by atoms with Gasteiger partial charge in [-0.05, 0) is 44.2 Å². The minimum Gasteiger partial charge on any atom is -0.493 e. The Kier molecular flexibility index (Phi) is 6.97. The minimum absolute atomic E-state index is 0.0894. The summed E-state index contributed by atoms with van der Waals surface area (Å²) < 4.78 is 11.0. The van der Waals surface area contributed by atoms with Gasteiger partial charge in [0.05, 0.1) is 6.61 Å². The van der Waals surface area contributed by atoms with Crippen molar-refractivity contribution < 1.29 is 14.3 Å².